The number of pyridine rings is 1. The molecule has 2 heterocycles. The Balaban J connectivity index is 1.96. The molecule has 0 aliphatic carbocycles. The van der Waals surface area contributed by atoms with Gasteiger partial charge in [-0.3, -0.25) is 0 Å². The smallest absolute Gasteiger partial charge is 0.303 e. The van der Waals surface area contributed by atoms with Crippen LogP contribution in [0.3, 0.4) is 0 Å². The lowest BCUT2D eigenvalue weighted by atomic mass is 9.97. The predicted molar refractivity (Wildman–Crippen MR) is 99.9 cm³/mol. The Bertz CT molecular complexity index is 1190. The van der Waals surface area contributed by atoms with E-state index < -0.39 is 23.5 Å². The third-order valence-corrected chi connectivity index (χ3v) is 4.75. The summed E-state index contributed by atoms with van der Waals surface area (Å²) in [4.78, 5) is 4.33. The predicted octanol–water partition coefficient (Wildman–Crippen LogP) is 6.63. The zero-order chi connectivity index (χ0) is 21.5. The number of nitrogens with zero attached hydrogens (tertiary/aromatic N) is 2. The maximum absolute atomic E-state index is 13.7. The lowest BCUT2D eigenvalue weighted by molar-refractivity contribution is -0.142. The minimum atomic E-state index is -4.98. The van der Waals surface area contributed by atoms with E-state index in [1.807, 2.05) is 18.2 Å². The number of aromatic nitrogens is 2. The largest absolute Gasteiger partial charge is 0.417 e. The standard InChI is InChI=1S/C22H14F6N2/c23-21(24,25)15-9-10-16(17(13-15)22(26,27)28)20-18(12-14-6-2-1-3-7-14)30-11-5-4-8-19(30)29-20/h1-11,13H,12H2. The van der Waals surface area contributed by atoms with E-state index in [1.54, 1.807) is 40.9 Å². The molecule has 30 heavy (non-hydrogen) atoms. The van der Waals surface area contributed by atoms with Crippen molar-refractivity contribution in [2.24, 2.45) is 0 Å². The second-order valence-corrected chi connectivity index (χ2v) is 6.75. The monoisotopic (exact) mass is 420 g/mol. The number of fused-ring (bicyclic) bond motifs is 1. The molecule has 2 aromatic heterocycles. The normalized spacial score (nSPS) is 12.5. The molecule has 4 aromatic rings. The van der Waals surface area contributed by atoms with E-state index in [4.69, 9.17) is 0 Å². The van der Waals surface area contributed by atoms with E-state index >= 15 is 0 Å². The summed E-state index contributed by atoms with van der Waals surface area (Å²) < 4.78 is 81.9. The summed E-state index contributed by atoms with van der Waals surface area (Å²) in [6.07, 6.45) is -7.93. The minimum absolute atomic E-state index is 0.00565. The van der Waals surface area contributed by atoms with Gasteiger partial charge in [-0.1, -0.05) is 42.5 Å². The topological polar surface area (TPSA) is 17.3 Å². The molecule has 154 valence electrons. The summed E-state index contributed by atoms with van der Waals surface area (Å²) in [6.45, 7) is 0. The number of hydrogen-bond acceptors (Lipinski definition) is 1. The van der Waals surface area contributed by atoms with Crippen molar-refractivity contribution in [1.82, 2.24) is 9.38 Å². The van der Waals surface area contributed by atoms with Gasteiger partial charge in [-0.2, -0.15) is 26.3 Å². The number of alkyl halides is 6. The number of hydrogen-bond donors (Lipinski definition) is 0. The zero-order valence-electron chi connectivity index (χ0n) is 15.3. The van der Waals surface area contributed by atoms with E-state index in [0.29, 0.717) is 17.4 Å². The first-order chi connectivity index (χ1) is 14.1. The molecule has 2 aromatic carbocycles. The Morgan fingerprint density at radius 3 is 2.13 bits per heavy atom. The van der Waals surface area contributed by atoms with Gasteiger partial charge < -0.3 is 4.40 Å². The molecule has 0 saturated heterocycles. The molecule has 0 N–H and O–H groups in total. The Labute approximate surface area is 167 Å². The van der Waals surface area contributed by atoms with Crippen molar-refractivity contribution < 1.29 is 26.3 Å². The van der Waals surface area contributed by atoms with Crippen molar-refractivity contribution in [3.05, 3.63) is 95.3 Å². The molecule has 4 rings (SSSR count). The van der Waals surface area contributed by atoms with E-state index in [0.717, 1.165) is 11.6 Å². The first-order valence-electron chi connectivity index (χ1n) is 8.93. The molecule has 2 nitrogen and oxygen atoms in total. The first-order valence-corrected chi connectivity index (χ1v) is 8.93. The summed E-state index contributed by atoms with van der Waals surface area (Å²) in [5.41, 5.74) is -1.39. The van der Waals surface area contributed by atoms with Crippen LogP contribution in [-0.2, 0) is 18.8 Å². The van der Waals surface area contributed by atoms with Crippen LogP contribution in [0.1, 0.15) is 22.4 Å². The highest BCUT2D eigenvalue weighted by Crippen LogP contribution is 2.41. The fourth-order valence-corrected chi connectivity index (χ4v) is 3.38. The number of rotatable bonds is 3. The number of imidazole rings is 1. The van der Waals surface area contributed by atoms with E-state index in [1.165, 1.54) is 0 Å². The van der Waals surface area contributed by atoms with Gasteiger partial charge in [0.1, 0.15) is 5.65 Å². The Morgan fingerprint density at radius 2 is 1.47 bits per heavy atom. The molecule has 0 aliphatic heterocycles. The van der Waals surface area contributed by atoms with Crippen molar-refractivity contribution in [1.29, 1.82) is 0 Å². The van der Waals surface area contributed by atoms with Crippen molar-refractivity contribution in [2.45, 2.75) is 18.8 Å². The average Bonchev–Trinajstić information content (AvgIpc) is 3.05. The maximum Gasteiger partial charge on any atom is 0.417 e. The molecule has 0 unspecified atom stereocenters. The van der Waals surface area contributed by atoms with Crippen molar-refractivity contribution >= 4 is 5.65 Å². The summed E-state index contributed by atoms with van der Waals surface area (Å²) in [5.74, 6) is 0. The molecule has 8 heteroatoms. The van der Waals surface area contributed by atoms with Gasteiger partial charge in [0.25, 0.3) is 0 Å². The molecule has 0 saturated carbocycles. The van der Waals surface area contributed by atoms with Crippen LogP contribution in [0.2, 0.25) is 0 Å². The van der Waals surface area contributed by atoms with E-state index in [9.17, 15) is 26.3 Å². The van der Waals surface area contributed by atoms with Gasteiger partial charge in [0.15, 0.2) is 0 Å². The van der Waals surface area contributed by atoms with Gasteiger partial charge in [0, 0.05) is 18.2 Å². The summed E-state index contributed by atoms with van der Waals surface area (Å²) in [5, 5.41) is 0. The third kappa shape index (κ3) is 3.77. The maximum atomic E-state index is 13.7. The van der Waals surface area contributed by atoms with Crippen LogP contribution in [0.4, 0.5) is 26.3 Å². The van der Waals surface area contributed by atoms with Crippen molar-refractivity contribution in [3.63, 3.8) is 0 Å². The second-order valence-electron chi connectivity index (χ2n) is 6.75. The van der Waals surface area contributed by atoms with Gasteiger partial charge in [-0.05, 0) is 29.8 Å². The quantitative estimate of drug-likeness (QED) is 0.340. The van der Waals surface area contributed by atoms with E-state index in [2.05, 4.69) is 4.98 Å². The summed E-state index contributed by atoms with van der Waals surface area (Å²) >= 11 is 0. The van der Waals surface area contributed by atoms with Crippen LogP contribution in [-0.4, -0.2) is 9.38 Å². The Morgan fingerprint density at radius 1 is 0.767 bits per heavy atom. The van der Waals surface area contributed by atoms with Gasteiger partial charge >= 0.3 is 12.4 Å². The SMILES string of the molecule is FC(F)(F)c1ccc(-c2nc3ccccn3c2Cc2ccccc2)c(C(F)(F)F)c1. The highest BCUT2D eigenvalue weighted by atomic mass is 19.4. The molecule has 0 atom stereocenters. The number of benzene rings is 2. The fourth-order valence-electron chi connectivity index (χ4n) is 3.38. The lowest BCUT2D eigenvalue weighted by Gasteiger charge is -2.16. The Kier molecular flexibility index (Phi) is 4.80. The molecule has 0 amide bonds. The first kappa shape index (κ1) is 20.0. The molecule has 0 fully saturated rings. The number of halogens is 6. The highest BCUT2D eigenvalue weighted by Gasteiger charge is 2.39. The molecule has 0 radical (unpaired) electrons. The second kappa shape index (κ2) is 7.19. The average molecular weight is 420 g/mol. The Hall–Kier alpha value is -3.29. The lowest BCUT2D eigenvalue weighted by Crippen LogP contribution is -2.12. The van der Waals surface area contributed by atoms with Crippen LogP contribution in [0.25, 0.3) is 16.9 Å². The molecular weight excluding hydrogens is 406 g/mol. The van der Waals surface area contributed by atoms with Crippen LogP contribution < -0.4 is 0 Å². The minimum Gasteiger partial charge on any atom is -0.303 e. The van der Waals surface area contributed by atoms with Crippen LogP contribution in [0.5, 0.6) is 0 Å². The van der Waals surface area contributed by atoms with E-state index in [-0.39, 0.29) is 23.7 Å². The van der Waals surface area contributed by atoms with Crippen molar-refractivity contribution in [3.8, 4) is 11.3 Å². The van der Waals surface area contributed by atoms with Gasteiger partial charge in [-0.15, -0.1) is 0 Å². The van der Waals surface area contributed by atoms with Gasteiger partial charge in [-0.25, -0.2) is 4.98 Å². The van der Waals surface area contributed by atoms with Crippen molar-refractivity contribution in [2.75, 3.05) is 0 Å². The summed E-state index contributed by atoms with van der Waals surface area (Å²) in [6, 6.07) is 15.8. The zero-order valence-corrected chi connectivity index (χ0v) is 15.3. The molecule has 0 aliphatic rings. The van der Waals surface area contributed by atoms with Crippen LogP contribution in [0.15, 0.2) is 72.9 Å². The molecular formula is C22H14F6N2. The third-order valence-electron chi connectivity index (χ3n) is 4.75. The molecule has 0 bridgehead atoms. The van der Waals surface area contributed by atoms with Gasteiger partial charge in [0.2, 0.25) is 0 Å². The van der Waals surface area contributed by atoms with Crippen LogP contribution in [0, 0.1) is 0 Å². The van der Waals surface area contributed by atoms with Crippen LogP contribution >= 0.6 is 0 Å². The highest BCUT2D eigenvalue weighted by molar-refractivity contribution is 5.71. The summed E-state index contributed by atoms with van der Waals surface area (Å²) in [7, 11) is 0. The fraction of sp³-hybridized carbons (Fsp3) is 0.136. The molecule has 0 spiro atoms. The van der Waals surface area contributed by atoms with Gasteiger partial charge in [0.05, 0.1) is 22.5 Å².